The van der Waals surface area contributed by atoms with E-state index in [1.165, 1.54) is 0 Å². The van der Waals surface area contributed by atoms with Gasteiger partial charge < -0.3 is 4.52 Å². The van der Waals surface area contributed by atoms with Gasteiger partial charge in [-0.25, -0.2) is 8.42 Å². The second kappa shape index (κ2) is 5.09. The van der Waals surface area contributed by atoms with Crippen molar-refractivity contribution in [2.75, 3.05) is 13.1 Å². The lowest BCUT2D eigenvalue weighted by atomic mass is 10.4. The van der Waals surface area contributed by atoms with Gasteiger partial charge in [0.05, 0.1) is 6.07 Å². The van der Waals surface area contributed by atoms with Crippen LogP contribution in [0.3, 0.4) is 0 Å². The van der Waals surface area contributed by atoms with Gasteiger partial charge >= 0.3 is 0 Å². The van der Waals surface area contributed by atoms with E-state index in [1.54, 1.807) is 19.9 Å². The summed E-state index contributed by atoms with van der Waals surface area (Å²) in [6, 6.07) is 3.39. The molecule has 0 saturated carbocycles. The van der Waals surface area contributed by atoms with Gasteiger partial charge in [0.25, 0.3) is 0 Å². The summed E-state index contributed by atoms with van der Waals surface area (Å²) in [5.74, 6) is 0.327. The van der Waals surface area contributed by atoms with Crippen LogP contribution in [-0.2, 0) is 15.8 Å². The van der Waals surface area contributed by atoms with Crippen molar-refractivity contribution in [2.24, 2.45) is 0 Å². The fourth-order valence-electron chi connectivity index (χ4n) is 1.25. The van der Waals surface area contributed by atoms with Crippen LogP contribution in [0.15, 0.2) is 10.6 Å². The molecule has 6 nitrogen and oxygen atoms in total. The van der Waals surface area contributed by atoms with Crippen molar-refractivity contribution in [3.63, 3.8) is 0 Å². The van der Waals surface area contributed by atoms with Crippen molar-refractivity contribution in [1.82, 2.24) is 9.46 Å². The van der Waals surface area contributed by atoms with Gasteiger partial charge in [0.15, 0.2) is 0 Å². The molecule has 0 amide bonds. The molecule has 0 N–H and O–H groups in total. The van der Waals surface area contributed by atoms with Crippen LogP contribution in [0, 0.1) is 18.3 Å². The van der Waals surface area contributed by atoms with E-state index in [2.05, 4.69) is 5.16 Å². The standard InChI is InChI=1S/C9H13N3O3S/c1-3-12(5-4-10)16(13,14)7-9-6-8(2)15-11-9/h6H,3,5,7H2,1-2H3. The first kappa shape index (κ1) is 12.7. The molecular formula is C9H13N3O3S. The maximum absolute atomic E-state index is 11.8. The predicted octanol–water partition coefficient (Wildman–Crippen LogP) is 0.658. The topological polar surface area (TPSA) is 87.2 Å². The highest BCUT2D eigenvalue weighted by Crippen LogP contribution is 2.10. The lowest BCUT2D eigenvalue weighted by Gasteiger charge is -2.15. The molecule has 1 rings (SSSR count). The number of nitriles is 1. The van der Waals surface area contributed by atoms with E-state index < -0.39 is 10.0 Å². The molecule has 7 heteroatoms. The molecule has 0 atom stereocenters. The molecule has 0 radical (unpaired) electrons. The summed E-state index contributed by atoms with van der Waals surface area (Å²) in [7, 11) is -3.49. The molecule has 88 valence electrons. The molecule has 0 aliphatic carbocycles. The average Bonchev–Trinajstić information content (AvgIpc) is 2.59. The van der Waals surface area contributed by atoms with Crippen molar-refractivity contribution >= 4 is 10.0 Å². The first-order valence-electron chi connectivity index (χ1n) is 4.76. The zero-order valence-corrected chi connectivity index (χ0v) is 9.99. The number of aromatic nitrogens is 1. The molecule has 0 bridgehead atoms. The van der Waals surface area contributed by atoms with Crippen LogP contribution in [0.5, 0.6) is 0 Å². The largest absolute Gasteiger partial charge is 0.361 e. The number of rotatable bonds is 5. The van der Waals surface area contributed by atoms with Gasteiger partial charge in [0, 0.05) is 12.6 Å². The first-order valence-corrected chi connectivity index (χ1v) is 6.37. The molecule has 0 aliphatic heterocycles. The first-order chi connectivity index (χ1) is 7.49. The Labute approximate surface area is 94.5 Å². The molecule has 0 spiro atoms. The highest BCUT2D eigenvalue weighted by molar-refractivity contribution is 7.88. The Morgan fingerprint density at radius 1 is 1.62 bits per heavy atom. The van der Waals surface area contributed by atoms with E-state index in [4.69, 9.17) is 9.78 Å². The molecule has 16 heavy (non-hydrogen) atoms. The number of nitrogens with zero attached hydrogens (tertiary/aromatic N) is 3. The van der Waals surface area contributed by atoms with Gasteiger partial charge in [-0.2, -0.15) is 9.57 Å². The zero-order chi connectivity index (χ0) is 12.2. The lowest BCUT2D eigenvalue weighted by molar-refractivity contribution is 0.391. The number of hydrogen-bond donors (Lipinski definition) is 0. The van der Waals surface area contributed by atoms with Crippen LogP contribution < -0.4 is 0 Å². The predicted molar refractivity (Wildman–Crippen MR) is 56.7 cm³/mol. The van der Waals surface area contributed by atoms with Crippen molar-refractivity contribution in [3.05, 3.63) is 17.5 Å². The highest BCUT2D eigenvalue weighted by Gasteiger charge is 2.22. The molecule has 1 heterocycles. The maximum atomic E-state index is 11.8. The van der Waals surface area contributed by atoms with Gasteiger partial charge in [-0.1, -0.05) is 12.1 Å². The average molecular weight is 243 g/mol. The summed E-state index contributed by atoms with van der Waals surface area (Å²) in [6.07, 6.45) is 0. The summed E-state index contributed by atoms with van der Waals surface area (Å²) < 4.78 is 29.5. The second-order valence-electron chi connectivity index (χ2n) is 3.27. The zero-order valence-electron chi connectivity index (χ0n) is 9.17. The Balaban J connectivity index is 2.82. The molecule has 1 aromatic heterocycles. The Bertz CT molecular complexity index is 486. The van der Waals surface area contributed by atoms with Gasteiger partial charge in [0.1, 0.15) is 23.8 Å². The van der Waals surface area contributed by atoms with E-state index in [1.807, 2.05) is 6.07 Å². The minimum atomic E-state index is -3.49. The summed E-state index contributed by atoms with van der Waals surface area (Å²) in [5, 5.41) is 12.1. The molecule has 1 aromatic rings. The van der Waals surface area contributed by atoms with Crippen LogP contribution in [0.4, 0.5) is 0 Å². The van der Waals surface area contributed by atoms with E-state index >= 15 is 0 Å². The van der Waals surface area contributed by atoms with Crippen LogP contribution in [0.1, 0.15) is 18.4 Å². The van der Waals surface area contributed by atoms with Crippen molar-refractivity contribution in [1.29, 1.82) is 5.26 Å². The van der Waals surface area contributed by atoms with E-state index in [0.29, 0.717) is 11.5 Å². The van der Waals surface area contributed by atoms with Crippen LogP contribution >= 0.6 is 0 Å². The smallest absolute Gasteiger partial charge is 0.220 e. The van der Waals surface area contributed by atoms with Crippen LogP contribution in [-0.4, -0.2) is 31.0 Å². The van der Waals surface area contributed by atoms with Gasteiger partial charge in [-0.3, -0.25) is 0 Å². The lowest BCUT2D eigenvalue weighted by Crippen LogP contribution is -2.32. The normalized spacial score (nSPS) is 11.6. The third kappa shape index (κ3) is 3.05. The van der Waals surface area contributed by atoms with E-state index in [9.17, 15) is 8.42 Å². The van der Waals surface area contributed by atoms with Crippen molar-refractivity contribution in [2.45, 2.75) is 19.6 Å². The quantitative estimate of drug-likeness (QED) is 0.709. The van der Waals surface area contributed by atoms with Gasteiger partial charge in [0.2, 0.25) is 10.0 Å². The maximum Gasteiger partial charge on any atom is 0.220 e. The summed E-state index contributed by atoms with van der Waals surface area (Å²) in [6.45, 7) is 3.50. The Kier molecular flexibility index (Phi) is 4.04. The fourth-order valence-corrected chi connectivity index (χ4v) is 2.59. The molecule has 0 aromatic carbocycles. The SMILES string of the molecule is CCN(CC#N)S(=O)(=O)Cc1cc(C)on1. The van der Waals surface area contributed by atoms with E-state index in [-0.39, 0.29) is 18.8 Å². The van der Waals surface area contributed by atoms with Crippen LogP contribution in [0.2, 0.25) is 0 Å². The number of aryl methyl sites for hydroxylation is 1. The third-order valence-corrected chi connectivity index (χ3v) is 3.83. The molecule has 0 saturated heterocycles. The summed E-state index contributed by atoms with van der Waals surface area (Å²) in [5.41, 5.74) is 0.355. The number of sulfonamides is 1. The summed E-state index contributed by atoms with van der Waals surface area (Å²) in [4.78, 5) is 0. The van der Waals surface area contributed by atoms with Crippen molar-refractivity contribution < 1.29 is 12.9 Å². The summed E-state index contributed by atoms with van der Waals surface area (Å²) >= 11 is 0. The molecule has 0 aliphatic rings. The minimum Gasteiger partial charge on any atom is -0.361 e. The highest BCUT2D eigenvalue weighted by atomic mass is 32.2. The fraction of sp³-hybridized carbons (Fsp3) is 0.556. The number of hydrogen-bond acceptors (Lipinski definition) is 5. The minimum absolute atomic E-state index is 0.143. The van der Waals surface area contributed by atoms with Crippen LogP contribution in [0.25, 0.3) is 0 Å². The third-order valence-electron chi connectivity index (χ3n) is 2.00. The molecular weight excluding hydrogens is 230 g/mol. The van der Waals surface area contributed by atoms with Gasteiger partial charge in [-0.15, -0.1) is 0 Å². The monoisotopic (exact) mass is 243 g/mol. The molecule has 0 fully saturated rings. The van der Waals surface area contributed by atoms with Crippen molar-refractivity contribution in [3.8, 4) is 6.07 Å². The second-order valence-corrected chi connectivity index (χ2v) is 5.24. The Morgan fingerprint density at radius 3 is 2.75 bits per heavy atom. The Hall–Kier alpha value is -1.39. The van der Waals surface area contributed by atoms with E-state index in [0.717, 1.165) is 4.31 Å². The molecule has 0 unspecified atom stereocenters. The van der Waals surface area contributed by atoms with Gasteiger partial charge in [-0.05, 0) is 6.92 Å². The Morgan fingerprint density at radius 2 is 2.31 bits per heavy atom.